The summed E-state index contributed by atoms with van der Waals surface area (Å²) in [6.45, 7) is -3.20. The maximum absolute atomic E-state index is 12.7. The molecule has 1 heterocycles. The minimum Gasteiger partial charge on any atom is -0.372 e. The zero-order valence-corrected chi connectivity index (χ0v) is 13.0. The van der Waals surface area contributed by atoms with Crippen molar-refractivity contribution in [1.82, 2.24) is 9.55 Å². The van der Waals surface area contributed by atoms with Gasteiger partial charge in [0, 0.05) is 18.5 Å². The number of sulfone groups is 1. The molecule has 0 fully saturated rings. The highest BCUT2D eigenvalue weighted by atomic mass is 32.2. The van der Waals surface area contributed by atoms with Crippen LogP contribution in [0.1, 0.15) is 12.4 Å². The van der Waals surface area contributed by atoms with Gasteiger partial charge in [-0.05, 0) is 12.1 Å². The van der Waals surface area contributed by atoms with Crippen LogP contribution in [-0.2, 0) is 16.4 Å². The van der Waals surface area contributed by atoms with Gasteiger partial charge in [-0.2, -0.15) is 17.6 Å². The molecule has 0 bridgehead atoms. The van der Waals surface area contributed by atoms with Gasteiger partial charge in [-0.1, -0.05) is 0 Å². The quantitative estimate of drug-likeness (QED) is 0.448. The van der Waals surface area contributed by atoms with Crippen LogP contribution in [-0.4, -0.2) is 28.6 Å². The number of anilines is 1. The van der Waals surface area contributed by atoms with Crippen molar-refractivity contribution in [3.63, 3.8) is 0 Å². The van der Waals surface area contributed by atoms with E-state index in [1.165, 1.54) is 0 Å². The van der Waals surface area contributed by atoms with E-state index in [9.17, 15) is 36.1 Å². The molecule has 1 aromatic heterocycles. The number of nitro groups is 1. The summed E-state index contributed by atoms with van der Waals surface area (Å²) in [6, 6.07) is 2.14. The van der Waals surface area contributed by atoms with Crippen molar-refractivity contribution in [2.24, 2.45) is 0 Å². The highest BCUT2D eigenvalue weighted by Gasteiger charge is 2.29. The molecule has 136 valence electrons. The number of nitro benzene ring substituents is 1. The van der Waals surface area contributed by atoms with Gasteiger partial charge in [-0.25, -0.2) is 13.4 Å². The number of nitrogens with zero attached hydrogens (tertiary/aromatic N) is 3. The molecule has 0 aliphatic heterocycles. The maximum atomic E-state index is 12.7. The maximum Gasteiger partial charge on any atom is 0.341 e. The third-order valence-corrected chi connectivity index (χ3v) is 4.51. The highest BCUT2D eigenvalue weighted by Crippen LogP contribution is 2.30. The highest BCUT2D eigenvalue weighted by molar-refractivity contribution is 7.91. The Bertz CT molecular complexity index is 885. The van der Waals surface area contributed by atoms with Gasteiger partial charge in [0.25, 0.3) is 5.69 Å². The lowest BCUT2D eigenvalue weighted by atomic mass is 10.2. The summed E-state index contributed by atoms with van der Waals surface area (Å²) in [5.41, 5.74) is -1.03. The van der Waals surface area contributed by atoms with E-state index in [2.05, 4.69) is 10.3 Å². The first-order valence-electron chi connectivity index (χ1n) is 6.49. The summed E-state index contributed by atoms with van der Waals surface area (Å²) in [7, 11) is -5.01. The largest absolute Gasteiger partial charge is 0.372 e. The number of halogens is 4. The summed E-state index contributed by atoms with van der Waals surface area (Å²) in [4.78, 5) is 12.8. The van der Waals surface area contributed by atoms with Crippen LogP contribution in [0.15, 0.2) is 35.5 Å². The van der Waals surface area contributed by atoms with Gasteiger partial charge in [0.15, 0.2) is 0 Å². The second kappa shape index (κ2) is 7.04. The first-order chi connectivity index (χ1) is 11.6. The van der Waals surface area contributed by atoms with E-state index < -0.39 is 37.7 Å². The van der Waals surface area contributed by atoms with Gasteiger partial charge in [0.1, 0.15) is 11.5 Å². The van der Waals surface area contributed by atoms with Crippen molar-refractivity contribution in [2.75, 3.05) is 5.32 Å². The molecule has 0 spiro atoms. The number of alkyl halides is 4. The summed E-state index contributed by atoms with van der Waals surface area (Å²) < 4.78 is 73.8. The van der Waals surface area contributed by atoms with Crippen LogP contribution in [0, 0.1) is 10.1 Å². The second-order valence-corrected chi connectivity index (χ2v) is 6.54. The van der Waals surface area contributed by atoms with Crippen molar-refractivity contribution in [1.29, 1.82) is 0 Å². The third kappa shape index (κ3) is 3.87. The van der Waals surface area contributed by atoms with Crippen LogP contribution in [0.2, 0.25) is 0 Å². The summed E-state index contributed by atoms with van der Waals surface area (Å²) >= 11 is 0. The number of aromatic nitrogens is 2. The predicted octanol–water partition coefficient (Wildman–Crippen LogP) is 2.79. The Labute approximate surface area is 138 Å². The Balaban J connectivity index is 2.32. The molecule has 0 saturated carbocycles. The average molecular weight is 382 g/mol. The van der Waals surface area contributed by atoms with Crippen molar-refractivity contribution in [2.45, 2.75) is 23.7 Å². The Morgan fingerprint density at radius 1 is 1.28 bits per heavy atom. The van der Waals surface area contributed by atoms with Crippen LogP contribution >= 0.6 is 0 Å². The molecule has 2 aromatic rings. The van der Waals surface area contributed by atoms with E-state index in [4.69, 9.17) is 0 Å². The first kappa shape index (κ1) is 18.6. The fraction of sp³-hybridized carbons (Fsp3) is 0.250. The Kier molecular flexibility index (Phi) is 5.25. The molecule has 2 rings (SSSR count). The van der Waals surface area contributed by atoms with Gasteiger partial charge in [0.2, 0.25) is 9.84 Å². The van der Waals surface area contributed by atoms with Gasteiger partial charge in [0.05, 0.1) is 16.4 Å². The molecule has 1 N–H and O–H groups in total. The SMILES string of the molecule is O=[N+]([O-])c1cc(S(=O)(=O)C(F)F)ccc1NCc1nccn1C(F)F. The normalized spacial score (nSPS) is 11.9. The zero-order valence-electron chi connectivity index (χ0n) is 12.1. The molecule has 1 aromatic carbocycles. The lowest BCUT2D eigenvalue weighted by molar-refractivity contribution is -0.384. The number of benzene rings is 1. The molecule has 0 aliphatic carbocycles. The molecular formula is C12H10F4N4O4S. The fourth-order valence-corrected chi connectivity index (χ4v) is 2.66. The van der Waals surface area contributed by atoms with Gasteiger partial charge in [-0.15, -0.1) is 0 Å². The fourth-order valence-electron chi connectivity index (χ4n) is 1.92. The summed E-state index contributed by atoms with van der Waals surface area (Å²) in [5, 5.41) is 13.5. The van der Waals surface area contributed by atoms with Crippen molar-refractivity contribution in [3.8, 4) is 0 Å². The average Bonchev–Trinajstić information content (AvgIpc) is 3.01. The molecule has 0 unspecified atom stereocenters. The minimum atomic E-state index is -5.01. The van der Waals surface area contributed by atoms with E-state index in [-0.39, 0.29) is 18.1 Å². The Morgan fingerprint density at radius 2 is 1.96 bits per heavy atom. The molecule has 0 saturated heterocycles. The lowest BCUT2D eigenvalue weighted by Gasteiger charge is -2.10. The molecule has 0 atom stereocenters. The molecule has 8 nitrogen and oxygen atoms in total. The van der Waals surface area contributed by atoms with Crippen LogP contribution in [0.5, 0.6) is 0 Å². The lowest BCUT2D eigenvalue weighted by Crippen LogP contribution is -2.13. The van der Waals surface area contributed by atoms with Crippen molar-refractivity contribution >= 4 is 21.2 Å². The summed E-state index contributed by atoms with van der Waals surface area (Å²) in [6.07, 6.45) is 2.12. The molecule has 25 heavy (non-hydrogen) atoms. The van der Waals surface area contributed by atoms with Crippen molar-refractivity contribution in [3.05, 3.63) is 46.5 Å². The standard InChI is InChI=1S/C12H10F4N4O4S/c13-11(14)19-4-3-17-10(19)6-18-8-2-1-7(5-9(8)20(21)22)25(23,24)12(15)16/h1-5,11-12,18H,6H2. The number of hydrogen-bond donors (Lipinski definition) is 1. The Hall–Kier alpha value is -2.70. The molecule has 0 radical (unpaired) electrons. The number of imidazole rings is 1. The number of hydrogen-bond acceptors (Lipinski definition) is 6. The smallest absolute Gasteiger partial charge is 0.341 e. The van der Waals surface area contributed by atoms with Crippen LogP contribution < -0.4 is 5.32 Å². The first-order valence-corrected chi connectivity index (χ1v) is 8.03. The zero-order chi connectivity index (χ0) is 18.8. The predicted molar refractivity (Wildman–Crippen MR) is 77.1 cm³/mol. The van der Waals surface area contributed by atoms with Gasteiger partial charge in [-0.3, -0.25) is 14.7 Å². The van der Waals surface area contributed by atoms with Crippen LogP contribution in [0.25, 0.3) is 0 Å². The molecular weight excluding hydrogens is 372 g/mol. The third-order valence-electron chi connectivity index (χ3n) is 3.13. The number of nitrogens with one attached hydrogen (secondary N) is 1. The van der Waals surface area contributed by atoms with E-state index in [0.717, 1.165) is 24.5 Å². The minimum absolute atomic E-state index is 0.131. The second-order valence-electron chi connectivity index (χ2n) is 4.62. The van der Waals surface area contributed by atoms with Crippen LogP contribution in [0.4, 0.5) is 28.9 Å². The van der Waals surface area contributed by atoms with Gasteiger partial charge >= 0.3 is 12.3 Å². The molecule has 0 aliphatic rings. The molecule has 13 heteroatoms. The van der Waals surface area contributed by atoms with E-state index in [1.54, 1.807) is 0 Å². The summed E-state index contributed by atoms with van der Waals surface area (Å²) in [5.74, 6) is -3.86. The molecule has 0 amide bonds. The van der Waals surface area contributed by atoms with E-state index in [1.807, 2.05) is 0 Å². The van der Waals surface area contributed by atoms with E-state index in [0.29, 0.717) is 10.6 Å². The van der Waals surface area contributed by atoms with Crippen molar-refractivity contribution < 1.29 is 30.9 Å². The number of rotatable bonds is 7. The monoisotopic (exact) mass is 382 g/mol. The van der Waals surface area contributed by atoms with Crippen LogP contribution in [0.3, 0.4) is 0 Å². The Morgan fingerprint density at radius 3 is 2.52 bits per heavy atom. The topological polar surface area (TPSA) is 107 Å². The van der Waals surface area contributed by atoms with E-state index >= 15 is 0 Å². The van der Waals surface area contributed by atoms with Gasteiger partial charge < -0.3 is 5.32 Å².